The molecule has 0 radical (unpaired) electrons. The quantitative estimate of drug-likeness (QED) is 0.397. The Morgan fingerprint density at radius 2 is 2.07 bits per heavy atom. The van der Waals surface area contributed by atoms with Crippen molar-refractivity contribution in [1.82, 2.24) is 4.98 Å². The van der Waals surface area contributed by atoms with Crippen LogP contribution in [0.4, 0.5) is 18.3 Å². The van der Waals surface area contributed by atoms with E-state index < -0.39 is 44.3 Å². The number of nitrogens with one attached hydrogen (secondary N) is 1. The van der Waals surface area contributed by atoms with Gasteiger partial charge in [-0.1, -0.05) is 19.1 Å². The number of aromatic nitrogens is 1. The number of benzene rings is 1. The third-order valence-electron chi connectivity index (χ3n) is 3.31. The number of esters is 1. The van der Waals surface area contributed by atoms with Crippen LogP contribution in [-0.2, 0) is 14.8 Å². The van der Waals surface area contributed by atoms with Crippen LogP contribution in [0.2, 0.25) is 0 Å². The number of carbonyl (C=O) groups excluding carboxylic acids is 1. The van der Waals surface area contributed by atoms with Gasteiger partial charge in [-0.25, -0.2) is 21.6 Å². The van der Waals surface area contributed by atoms with E-state index in [-0.39, 0.29) is 17.4 Å². The zero-order valence-corrected chi connectivity index (χ0v) is 15.7. The molecule has 0 bridgehead atoms. The largest absolute Gasteiger partial charge is 0.406 e. The topological polar surface area (TPSA) is 85.4 Å². The molecule has 0 saturated carbocycles. The molecular formula is C16H15F3N2O4S2. The van der Waals surface area contributed by atoms with Crippen LogP contribution >= 0.6 is 11.3 Å². The minimum absolute atomic E-state index is 0.0923. The van der Waals surface area contributed by atoms with E-state index in [9.17, 15) is 26.4 Å². The molecule has 1 unspecified atom stereocenters. The van der Waals surface area contributed by atoms with Gasteiger partial charge in [0.1, 0.15) is 5.25 Å². The summed E-state index contributed by atoms with van der Waals surface area (Å²) in [4.78, 5) is 15.2. The number of hydrogen-bond acceptors (Lipinski definition) is 6. The van der Waals surface area contributed by atoms with Crippen molar-refractivity contribution in [2.75, 3.05) is 4.72 Å². The van der Waals surface area contributed by atoms with Crippen LogP contribution in [-0.4, -0.2) is 19.4 Å². The van der Waals surface area contributed by atoms with Crippen molar-refractivity contribution in [2.45, 2.75) is 25.0 Å². The molecular weight excluding hydrogens is 405 g/mol. The Kier molecular flexibility index (Phi) is 6.60. The van der Waals surface area contributed by atoms with Crippen LogP contribution in [0.15, 0.2) is 30.2 Å². The Morgan fingerprint density at radius 1 is 1.37 bits per heavy atom. The lowest BCUT2D eigenvalue weighted by Gasteiger charge is -2.15. The second-order valence-corrected chi connectivity index (χ2v) is 7.94. The standard InChI is InChI=1S/C16H15F3N2O4S2/c1-3-5-13(22)25-12-8-26-16(20-12)21-27(23,24)11(4-2)9-6-7-10(17)15(19)14(9)18/h4,6-8,11H,2-3,5H2,1H3,(H,20,21). The Hall–Kier alpha value is -2.40. The van der Waals surface area contributed by atoms with Gasteiger partial charge >= 0.3 is 5.97 Å². The summed E-state index contributed by atoms with van der Waals surface area (Å²) in [5.41, 5.74) is -0.609. The van der Waals surface area contributed by atoms with E-state index in [1.54, 1.807) is 6.92 Å². The van der Waals surface area contributed by atoms with Crippen molar-refractivity contribution < 1.29 is 31.1 Å². The summed E-state index contributed by atoms with van der Waals surface area (Å²) >= 11 is 0.829. The van der Waals surface area contributed by atoms with Crippen LogP contribution < -0.4 is 9.46 Å². The summed E-state index contributed by atoms with van der Waals surface area (Å²) in [6.45, 7) is 5.10. The number of halogens is 3. The summed E-state index contributed by atoms with van der Waals surface area (Å²) in [6.07, 6.45) is 1.61. The van der Waals surface area contributed by atoms with Crippen LogP contribution in [0.1, 0.15) is 30.6 Å². The summed E-state index contributed by atoms with van der Waals surface area (Å²) < 4.78 is 72.5. The lowest BCUT2D eigenvalue weighted by Crippen LogP contribution is -2.21. The molecule has 146 valence electrons. The summed E-state index contributed by atoms with van der Waals surface area (Å²) in [6, 6.07) is 1.44. The number of thiazole rings is 1. The molecule has 0 amide bonds. The monoisotopic (exact) mass is 420 g/mol. The second-order valence-electron chi connectivity index (χ2n) is 5.28. The number of anilines is 1. The molecule has 0 saturated heterocycles. The molecule has 0 aliphatic carbocycles. The van der Waals surface area contributed by atoms with Crippen LogP contribution in [0.3, 0.4) is 0 Å². The maximum atomic E-state index is 14.0. The summed E-state index contributed by atoms with van der Waals surface area (Å²) in [7, 11) is -4.35. The number of sulfonamides is 1. The molecule has 2 aromatic rings. The lowest BCUT2D eigenvalue weighted by molar-refractivity contribution is -0.134. The Bertz CT molecular complexity index is 961. The van der Waals surface area contributed by atoms with E-state index in [0.29, 0.717) is 12.5 Å². The lowest BCUT2D eigenvalue weighted by atomic mass is 10.1. The normalized spacial score (nSPS) is 12.4. The van der Waals surface area contributed by atoms with Gasteiger partial charge in [0.05, 0.1) is 5.38 Å². The highest BCUT2D eigenvalue weighted by Gasteiger charge is 2.30. The van der Waals surface area contributed by atoms with Crippen molar-refractivity contribution in [2.24, 2.45) is 0 Å². The molecule has 0 fully saturated rings. The Labute approximate surface area is 157 Å². The van der Waals surface area contributed by atoms with Gasteiger partial charge < -0.3 is 4.74 Å². The fourth-order valence-electron chi connectivity index (χ4n) is 2.09. The molecule has 1 atom stereocenters. The fourth-order valence-corrected chi connectivity index (χ4v) is 4.27. The van der Waals surface area contributed by atoms with Gasteiger partial charge in [-0.05, 0) is 12.5 Å². The zero-order valence-electron chi connectivity index (χ0n) is 14.0. The van der Waals surface area contributed by atoms with Crippen molar-refractivity contribution in [1.29, 1.82) is 0 Å². The molecule has 1 heterocycles. The number of carbonyl (C=O) groups is 1. The highest BCUT2D eigenvalue weighted by Crippen LogP contribution is 2.31. The highest BCUT2D eigenvalue weighted by atomic mass is 32.2. The molecule has 0 spiro atoms. The van der Waals surface area contributed by atoms with Gasteiger partial charge in [0.2, 0.25) is 15.9 Å². The van der Waals surface area contributed by atoms with Crippen molar-refractivity contribution in [3.63, 3.8) is 0 Å². The van der Waals surface area contributed by atoms with Gasteiger partial charge in [0.25, 0.3) is 0 Å². The third kappa shape index (κ3) is 4.86. The van der Waals surface area contributed by atoms with E-state index in [1.807, 2.05) is 0 Å². The van der Waals surface area contributed by atoms with Gasteiger partial charge in [-0.3, -0.25) is 9.52 Å². The van der Waals surface area contributed by atoms with Gasteiger partial charge in [-0.2, -0.15) is 4.98 Å². The molecule has 6 nitrogen and oxygen atoms in total. The minimum Gasteiger partial charge on any atom is -0.406 e. The molecule has 0 aliphatic heterocycles. The van der Waals surface area contributed by atoms with Crippen LogP contribution in [0.25, 0.3) is 0 Å². The van der Waals surface area contributed by atoms with Crippen molar-refractivity contribution in [3.8, 4) is 5.88 Å². The van der Waals surface area contributed by atoms with E-state index in [4.69, 9.17) is 4.74 Å². The van der Waals surface area contributed by atoms with Gasteiger partial charge in [0.15, 0.2) is 22.6 Å². The average molecular weight is 420 g/mol. The first kappa shape index (κ1) is 20.9. The first-order valence-electron chi connectivity index (χ1n) is 7.63. The second kappa shape index (κ2) is 8.53. The summed E-state index contributed by atoms with van der Waals surface area (Å²) in [5.74, 6) is -5.47. The predicted molar refractivity (Wildman–Crippen MR) is 94.5 cm³/mol. The number of rotatable bonds is 8. The zero-order chi connectivity index (χ0) is 20.2. The molecule has 0 aliphatic rings. The Morgan fingerprint density at radius 3 is 2.70 bits per heavy atom. The molecule has 11 heteroatoms. The molecule has 1 N–H and O–H groups in total. The summed E-state index contributed by atoms with van der Waals surface area (Å²) in [5, 5.41) is -0.543. The highest BCUT2D eigenvalue weighted by molar-refractivity contribution is 7.93. The number of hydrogen-bond donors (Lipinski definition) is 1. The Balaban J connectivity index is 2.25. The van der Waals surface area contributed by atoms with E-state index in [1.165, 1.54) is 5.38 Å². The predicted octanol–water partition coefficient (Wildman–Crippen LogP) is 3.93. The average Bonchev–Trinajstić information content (AvgIpc) is 3.01. The van der Waals surface area contributed by atoms with Crippen molar-refractivity contribution >= 4 is 32.5 Å². The van der Waals surface area contributed by atoms with Crippen LogP contribution in [0, 0.1) is 17.5 Å². The molecule has 1 aromatic heterocycles. The first-order valence-corrected chi connectivity index (χ1v) is 10.1. The van der Waals surface area contributed by atoms with Gasteiger partial charge in [-0.15, -0.1) is 17.9 Å². The minimum atomic E-state index is -4.35. The number of ether oxygens (including phenoxy) is 1. The van der Waals surface area contributed by atoms with Crippen molar-refractivity contribution in [3.05, 3.63) is 53.2 Å². The maximum absolute atomic E-state index is 14.0. The van der Waals surface area contributed by atoms with E-state index in [2.05, 4.69) is 16.3 Å². The molecule has 1 aromatic carbocycles. The van der Waals surface area contributed by atoms with Crippen LogP contribution in [0.5, 0.6) is 5.88 Å². The SMILES string of the molecule is C=CC(c1ccc(F)c(F)c1F)S(=O)(=O)Nc1nc(OC(=O)CCC)cs1. The molecule has 27 heavy (non-hydrogen) atoms. The van der Waals surface area contributed by atoms with Gasteiger partial charge in [0, 0.05) is 12.0 Å². The smallest absolute Gasteiger partial charge is 0.312 e. The third-order valence-corrected chi connectivity index (χ3v) is 5.76. The van der Waals surface area contributed by atoms with E-state index in [0.717, 1.165) is 23.5 Å². The first-order chi connectivity index (χ1) is 12.7. The molecule has 2 rings (SSSR count). The maximum Gasteiger partial charge on any atom is 0.312 e. The van der Waals surface area contributed by atoms with E-state index >= 15 is 0 Å². The fraction of sp³-hybridized carbons (Fsp3) is 0.250. The number of nitrogens with zero attached hydrogens (tertiary/aromatic N) is 1.